The number of nitro benzene ring substituents is 1. The quantitative estimate of drug-likeness (QED) is 0.520. The Balaban J connectivity index is 1.75. The molecule has 2 N–H and O–H groups in total. The van der Waals surface area contributed by atoms with Crippen molar-refractivity contribution in [2.24, 2.45) is 5.92 Å². The number of amides is 1. The van der Waals surface area contributed by atoms with E-state index in [9.17, 15) is 23.3 Å². The van der Waals surface area contributed by atoms with E-state index in [1.807, 2.05) is 0 Å². The summed E-state index contributed by atoms with van der Waals surface area (Å²) >= 11 is 5.74. The molecule has 0 saturated heterocycles. The SMILES string of the molecule is C[C@@H](NS(=O)(=O)c1ccc(Cl)cc1[N+](=O)[O-])c1ccc(NC(=O)C2CC2)cc1. The first kappa shape index (κ1) is 20.2. The predicted molar refractivity (Wildman–Crippen MR) is 105 cm³/mol. The molecule has 0 spiro atoms. The smallest absolute Gasteiger partial charge is 0.290 e. The number of nitrogens with zero attached hydrogens (tertiary/aromatic N) is 1. The average molecular weight is 424 g/mol. The fraction of sp³-hybridized carbons (Fsp3) is 0.278. The van der Waals surface area contributed by atoms with E-state index in [4.69, 9.17) is 11.6 Å². The van der Waals surface area contributed by atoms with E-state index >= 15 is 0 Å². The van der Waals surface area contributed by atoms with Crippen LogP contribution in [0.2, 0.25) is 5.02 Å². The van der Waals surface area contributed by atoms with Gasteiger partial charge >= 0.3 is 0 Å². The van der Waals surface area contributed by atoms with Crippen molar-refractivity contribution in [3.8, 4) is 0 Å². The molecule has 2 aromatic carbocycles. The number of nitrogens with one attached hydrogen (secondary N) is 2. The number of rotatable bonds is 7. The van der Waals surface area contributed by atoms with Gasteiger partial charge in [-0.3, -0.25) is 14.9 Å². The molecule has 0 heterocycles. The predicted octanol–water partition coefficient (Wildman–Crippen LogP) is 3.64. The molecule has 10 heteroatoms. The highest BCUT2D eigenvalue weighted by molar-refractivity contribution is 7.89. The molecular weight excluding hydrogens is 406 g/mol. The van der Waals surface area contributed by atoms with Crippen molar-refractivity contribution >= 4 is 38.9 Å². The standard InChI is InChI=1S/C18H18ClN3O5S/c1-11(12-4-7-15(8-5-12)20-18(23)13-2-3-13)21-28(26,27)17-9-6-14(19)10-16(17)22(24)25/h4-11,13,21H,2-3H2,1H3,(H,20,23)/t11-/m1/s1. The number of carbonyl (C=O) groups is 1. The summed E-state index contributed by atoms with van der Waals surface area (Å²) < 4.78 is 27.7. The second-order valence-corrected chi connectivity index (χ2v) is 8.72. The zero-order valence-electron chi connectivity index (χ0n) is 14.9. The molecule has 1 saturated carbocycles. The van der Waals surface area contributed by atoms with Crippen LogP contribution in [0.4, 0.5) is 11.4 Å². The first-order valence-corrected chi connectivity index (χ1v) is 10.4. The van der Waals surface area contributed by atoms with Crippen molar-refractivity contribution in [2.45, 2.75) is 30.7 Å². The summed E-state index contributed by atoms with van der Waals surface area (Å²) in [5.74, 6) is 0.0668. The molecule has 8 nitrogen and oxygen atoms in total. The second-order valence-electron chi connectivity index (χ2n) is 6.60. The van der Waals surface area contributed by atoms with Crippen molar-refractivity contribution in [3.05, 3.63) is 63.2 Å². The average Bonchev–Trinajstić information content (AvgIpc) is 3.46. The maximum atomic E-state index is 12.6. The fourth-order valence-electron chi connectivity index (χ4n) is 2.67. The highest BCUT2D eigenvalue weighted by atomic mass is 35.5. The third kappa shape index (κ3) is 4.67. The van der Waals surface area contributed by atoms with Crippen LogP contribution < -0.4 is 10.0 Å². The van der Waals surface area contributed by atoms with Gasteiger partial charge in [-0.2, -0.15) is 0 Å². The van der Waals surface area contributed by atoms with Gasteiger partial charge in [0.2, 0.25) is 15.9 Å². The largest absolute Gasteiger partial charge is 0.326 e. The van der Waals surface area contributed by atoms with Gasteiger partial charge in [-0.25, -0.2) is 13.1 Å². The minimum absolute atomic E-state index is 0.0171. The number of anilines is 1. The molecule has 0 bridgehead atoms. The molecular formula is C18H18ClN3O5S. The summed E-state index contributed by atoms with van der Waals surface area (Å²) in [6.45, 7) is 1.62. The molecule has 0 aromatic heterocycles. The maximum absolute atomic E-state index is 12.6. The van der Waals surface area contributed by atoms with Gasteiger partial charge in [0.1, 0.15) is 0 Å². The summed E-state index contributed by atoms with van der Waals surface area (Å²) in [7, 11) is -4.15. The van der Waals surface area contributed by atoms with E-state index in [1.165, 1.54) is 6.07 Å². The number of sulfonamides is 1. The molecule has 0 unspecified atom stereocenters. The lowest BCUT2D eigenvalue weighted by atomic mass is 10.1. The van der Waals surface area contributed by atoms with Crippen molar-refractivity contribution < 1.29 is 18.1 Å². The van der Waals surface area contributed by atoms with Gasteiger partial charge in [-0.15, -0.1) is 0 Å². The highest BCUT2D eigenvalue weighted by Gasteiger charge is 2.30. The molecule has 3 rings (SSSR count). The van der Waals surface area contributed by atoms with E-state index in [0.29, 0.717) is 11.3 Å². The van der Waals surface area contributed by atoms with Crippen molar-refractivity contribution in [1.29, 1.82) is 0 Å². The first-order chi connectivity index (χ1) is 13.2. The van der Waals surface area contributed by atoms with Crippen LogP contribution in [0.5, 0.6) is 0 Å². The molecule has 1 aliphatic rings. The lowest BCUT2D eigenvalue weighted by Crippen LogP contribution is -2.27. The Morgan fingerprint density at radius 2 is 1.86 bits per heavy atom. The third-order valence-corrected chi connectivity index (χ3v) is 6.19. The molecule has 1 amide bonds. The molecule has 1 aliphatic carbocycles. The molecule has 0 aliphatic heterocycles. The summed E-state index contributed by atoms with van der Waals surface area (Å²) in [6, 6.07) is 9.48. The van der Waals surface area contributed by atoms with Crippen LogP contribution in [-0.4, -0.2) is 19.2 Å². The lowest BCUT2D eigenvalue weighted by Gasteiger charge is -2.15. The van der Waals surface area contributed by atoms with Gasteiger partial charge in [0.25, 0.3) is 5.69 Å². The van der Waals surface area contributed by atoms with Gasteiger partial charge in [-0.1, -0.05) is 23.7 Å². The van der Waals surface area contributed by atoms with E-state index in [2.05, 4.69) is 10.0 Å². The number of carbonyl (C=O) groups excluding carboxylic acids is 1. The van der Waals surface area contributed by atoms with Crippen LogP contribution >= 0.6 is 11.6 Å². The molecule has 28 heavy (non-hydrogen) atoms. The Labute approximate surface area is 167 Å². The Morgan fingerprint density at radius 3 is 2.43 bits per heavy atom. The maximum Gasteiger partial charge on any atom is 0.290 e. The van der Waals surface area contributed by atoms with Crippen LogP contribution in [0.25, 0.3) is 0 Å². The van der Waals surface area contributed by atoms with Gasteiger partial charge in [0.05, 0.1) is 4.92 Å². The minimum atomic E-state index is -4.15. The number of benzene rings is 2. The molecule has 1 atom stereocenters. The van der Waals surface area contributed by atoms with E-state index in [1.54, 1.807) is 31.2 Å². The van der Waals surface area contributed by atoms with Crippen LogP contribution in [0.15, 0.2) is 47.4 Å². The first-order valence-electron chi connectivity index (χ1n) is 8.54. The van der Waals surface area contributed by atoms with Gasteiger partial charge in [0.15, 0.2) is 4.90 Å². The summed E-state index contributed by atoms with van der Waals surface area (Å²) in [4.78, 5) is 21.7. The van der Waals surface area contributed by atoms with Crippen molar-refractivity contribution in [1.82, 2.24) is 4.72 Å². The van der Waals surface area contributed by atoms with Gasteiger partial charge in [-0.05, 0) is 49.6 Å². The van der Waals surface area contributed by atoms with Crippen LogP contribution in [-0.2, 0) is 14.8 Å². The normalized spacial score (nSPS) is 15.1. The highest BCUT2D eigenvalue weighted by Crippen LogP contribution is 2.31. The van der Waals surface area contributed by atoms with Crippen molar-refractivity contribution in [3.63, 3.8) is 0 Å². The van der Waals surface area contributed by atoms with Gasteiger partial charge < -0.3 is 5.32 Å². The number of halogens is 1. The Kier molecular flexibility index (Phi) is 5.69. The zero-order valence-corrected chi connectivity index (χ0v) is 16.5. The lowest BCUT2D eigenvalue weighted by molar-refractivity contribution is -0.387. The Hall–Kier alpha value is -2.49. The molecule has 1 fully saturated rings. The number of hydrogen-bond acceptors (Lipinski definition) is 5. The number of hydrogen-bond donors (Lipinski definition) is 2. The summed E-state index contributed by atoms with van der Waals surface area (Å²) in [5, 5.41) is 14.1. The Bertz CT molecular complexity index is 1020. The topological polar surface area (TPSA) is 118 Å². The molecule has 0 radical (unpaired) electrons. The second kappa shape index (κ2) is 7.86. The Morgan fingerprint density at radius 1 is 1.21 bits per heavy atom. The monoisotopic (exact) mass is 423 g/mol. The van der Waals surface area contributed by atoms with Crippen LogP contribution in [0.3, 0.4) is 0 Å². The van der Waals surface area contributed by atoms with E-state index in [-0.39, 0.29) is 16.8 Å². The summed E-state index contributed by atoms with van der Waals surface area (Å²) in [6.07, 6.45) is 1.80. The minimum Gasteiger partial charge on any atom is -0.326 e. The molecule has 148 valence electrons. The van der Waals surface area contributed by atoms with Gasteiger partial charge in [0, 0.05) is 28.7 Å². The van der Waals surface area contributed by atoms with Crippen molar-refractivity contribution in [2.75, 3.05) is 5.32 Å². The van der Waals surface area contributed by atoms with Crippen LogP contribution in [0, 0.1) is 16.0 Å². The summed E-state index contributed by atoms with van der Waals surface area (Å²) in [5.41, 5.74) is 0.680. The third-order valence-electron chi connectivity index (χ3n) is 4.37. The zero-order chi connectivity index (χ0) is 20.5. The van der Waals surface area contributed by atoms with E-state index < -0.39 is 31.6 Å². The van der Waals surface area contributed by atoms with Crippen LogP contribution in [0.1, 0.15) is 31.4 Å². The molecule has 2 aromatic rings. The number of nitro groups is 1. The van der Waals surface area contributed by atoms with E-state index in [0.717, 1.165) is 25.0 Å². The fourth-order valence-corrected chi connectivity index (χ4v) is 4.22.